The SMILES string of the molecule is CCCCC1=CC=C2C3=C4c5c(ccc(F)c5C2(C)C)C2(CC)C(CC)(N4C=CC13)C21N2C=CC=CC2=C2CC(C(F)(F)F)=NN21. The minimum atomic E-state index is -4.54. The van der Waals surface area contributed by atoms with Crippen LogP contribution in [0.25, 0.3) is 5.70 Å². The highest BCUT2D eigenvalue weighted by molar-refractivity contribution is 5.95. The van der Waals surface area contributed by atoms with Crippen LogP contribution in [0.5, 0.6) is 0 Å². The summed E-state index contributed by atoms with van der Waals surface area (Å²) in [5.74, 6) is -0.162. The Morgan fingerprint density at radius 2 is 1.80 bits per heavy atom. The van der Waals surface area contributed by atoms with E-state index in [1.165, 1.54) is 11.1 Å². The summed E-state index contributed by atoms with van der Waals surface area (Å²) in [6, 6.07) is 3.55. The largest absolute Gasteiger partial charge is 0.431 e. The van der Waals surface area contributed by atoms with E-state index in [0.29, 0.717) is 24.1 Å². The molecule has 46 heavy (non-hydrogen) atoms. The predicted octanol–water partition coefficient (Wildman–Crippen LogP) is 9.08. The van der Waals surface area contributed by atoms with Crippen molar-refractivity contribution in [3.63, 3.8) is 0 Å². The molecule has 1 aromatic carbocycles. The van der Waals surface area contributed by atoms with E-state index >= 15 is 4.39 Å². The van der Waals surface area contributed by atoms with Gasteiger partial charge in [-0.15, -0.1) is 0 Å². The second-order valence-corrected chi connectivity index (χ2v) is 14.4. The highest BCUT2D eigenvalue weighted by Crippen LogP contribution is 2.83. The van der Waals surface area contributed by atoms with Crippen LogP contribution in [0.15, 0.2) is 94.2 Å². The molecule has 9 rings (SSSR count). The van der Waals surface area contributed by atoms with Crippen molar-refractivity contribution in [3.05, 3.63) is 112 Å². The number of nitrogens with zero attached hydrogens (tertiary/aromatic N) is 4. The van der Waals surface area contributed by atoms with Gasteiger partial charge < -0.3 is 9.80 Å². The number of hydrogen-bond donors (Lipinski definition) is 0. The maximum absolute atomic E-state index is 16.4. The molecule has 4 atom stereocenters. The third-order valence-electron chi connectivity index (χ3n) is 12.6. The number of hydrazone groups is 1. The number of hydrogen-bond acceptors (Lipinski definition) is 4. The lowest BCUT2D eigenvalue weighted by Gasteiger charge is -2.52. The number of rotatable bonds is 5. The second kappa shape index (κ2) is 8.55. The number of fused-ring (bicyclic) bond motifs is 9. The molecule has 5 heterocycles. The van der Waals surface area contributed by atoms with Crippen LogP contribution in [-0.4, -0.2) is 37.9 Å². The Morgan fingerprint density at radius 3 is 2.52 bits per heavy atom. The van der Waals surface area contributed by atoms with E-state index in [9.17, 15) is 13.2 Å². The summed E-state index contributed by atoms with van der Waals surface area (Å²) in [5, 5.41) is 6.23. The molecule has 0 saturated heterocycles. The molecule has 4 nitrogen and oxygen atoms in total. The molecule has 0 N–H and O–H groups in total. The van der Waals surface area contributed by atoms with E-state index in [-0.39, 0.29) is 18.2 Å². The molecular formula is C38H38F4N4. The van der Waals surface area contributed by atoms with Crippen LogP contribution in [0, 0.1) is 11.7 Å². The van der Waals surface area contributed by atoms with Crippen LogP contribution in [0.2, 0.25) is 0 Å². The van der Waals surface area contributed by atoms with E-state index < -0.39 is 33.9 Å². The van der Waals surface area contributed by atoms with Crippen LogP contribution in [0.4, 0.5) is 17.6 Å². The molecule has 238 valence electrons. The number of halogens is 4. The Morgan fingerprint density at radius 1 is 1.00 bits per heavy atom. The van der Waals surface area contributed by atoms with Gasteiger partial charge in [0, 0.05) is 41.3 Å². The Labute approximate surface area is 267 Å². The Hall–Kier alpha value is -3.81. The molecule has 3 aliphatic carbocycles. The molecule has 5 aliphatic heterocycles. The summed E-state index contributed by atoms with van der Waals surface area (Å²) in [6.45, 7) is 10.8. The van der Waals surface area contributed by atoms with Gasteiger partial charge in [-0.05, 0) is 60.6 Å². The van der Waals surface area contributed by atoms with Gasteiger partial charge in [-0.3, -0.25) is 0 Å². The molecular weight excluding hydrogens is 588 g/mol. The zero-order chi connectivity index (χ0) is 32.2. The van der Waals surface area contributed by atoms with Crippen molar-refractivity contribution in [2.75, 3.05) is 0 Å². The molecule has 8 aliphatic rings. The van der Waals surface area contributed by atoms with Crippen molar-refractivity contribution in [2.24, 2.45) is 11.0 Å². The Balaban J connectivity index is 1.39. The minimum absolute atomic E-state index is 0.0753. The predicted molar refractivity (Wildman–Crippen MR) is 171 cm³/mol. The van der Waals surface area contributed by atoms with Gasteiger partial charge in [0.05, 0.1) is 22.5 Å². The maximum Gasteiger partial charge on any atom is 0.431 e. The highest BCUT2D eigenvalue weighted by Gasteiger charge is 2.96. The number of benzene rings is 1. The van der Waals surface area contributed by atoms with Crippen LogP contribution in [0.1, 0.15) is 89.8 Å². The van der Waals surface area contributed by atoms with Crippen LogP contribution in [0.3, 0.4) is 0 Å². The zero-order valence-electron chi connectivity index (χ0n) is 26.9. The Kier molecular flexibility index (Phi) is 5.28. The molecule has 1 spiro atoms. The lowest BCUT2D eigenvalue weighted by Crippen LogP contribution is -2.52. The number of unbranched alkanes of at least 4 members (excludes halogenated alkanes) is 1. The summed E-state index contributed by atoms with van der Waals surface area (Å²) >= 11 is 0. The lowest BCUT2D eigenvalue weighted by molar-refractivity contribution is -0.0605. The molecule has 1 saturated carbocycles. The molecule has 8 heteroatoms. The molecule has 0 radical (unpaired) electrons. The first kappa shape index (κ1) is 28.4. The molecule has 0 bridgehead atoms. The van der Waals surface area contributed by atoms with Gasteiger partial charge in [0.2, 0.25) is 0 Å². The fraction of sp³-hybridized carbons (Fsp3) is 0.447. The first-order valence-corrected chi connectivity index (χ1v) is 16.8. The molecule has 1 aromatic rings. The van der Waals surface area contributed by atoms with Crippen molar-refractivity contribution in [2.45, 2.75) is 101 Å². The maximum atomic E-state index is 16.4. The monoisotopic (exact) mass is 626 g/mol. The number of alkyl halides is 3. The second-order valence-electron chi connectivity index (χ2n) is 14.4. The third kappa shape index (κ3) is 2.70. The van der Waals surface area contributed by atoms with Crippen LogP contribution in [-0.2, 0) is 10.8 Å². The minimum Gasteiger partial charge on any atom is -0.336 e. The summed E-state index contributed by atoms with van der Waals surface area (Å²) in [7, 11) is 0. The first-order chi connectivity index (χ1) is 22.0. The van der Waals surface area contributed by atoms with E-state index in [1.807, 2.05) is 30.5 Å². The van der Waals surface area contributed by atoms with Gasteiger partial charge in [0.25, 0.3) is 0 Å². The van der Waals surface area contributed by atoms with Crippen molar-refractivity contribution in [3.8, 4) is 0 Å². The number of allylic oxidation sites excluding steroid dienone is 10. The fourth-order valence-electron chi connectivity index (χ4n) is 11.0. The molecule has 1 fully saturated rings. The average Bonchev–Trinajstić information content (AvgIpc) is 3.23. The fourth-order valence-corrected chi connectivity index (χ4v) is 11.0. The van der Waals surface area contributed by atoms with Gasteiger partial charge in [-0.25, -0.2) is 9.40 Å². The standard InChI is InChI=1S/C38H38F4N4/c1-6-9-12-22-14-15-24-30-23(22)18-20-45-33(30)31-25(16-17-26(39)32(31)34(24,4)5)35(7-2)36(45,8-3)38(35)44-19-11-10-13-27(44)28-21-29(37(40,41)42)43-46(28)38/h10-11,13-20,23H,6-9,12,21H2,1-5H3. The summed E-state index contributed by atoms with van der Waals surface area (Å²) < 4.78 is 59.6. The van der Waals surface area contributed by atoms with E-state index in [0.717, 1.165) is 47.4 Å². The normalized spacial score (nSPS) is 33.3. The van der Waals surface area contributed by atoms with Gasteiger partial charge in [0.1, 0.15) is 17.1 Å². The Bertz CT molecular complexity index is 1900. The molecule has 0 amide bonds. The van der Waals surface area contributed by atoms with Crippen molar-refractivity contribution < 1.29 is 17.6 Å². The van der Waals surface area contributed by atoms with Gasteiger partial charge in [0.15, 0.2) is 5.66 Å². The van der Waals surface area contributed by atoms with Crippen molar-refractivity contribution in [1.29, 1.82) is 0 Å². The van der Waals surface area contributed by atoms with Crippen LogP contribution >= 0.6 is 0 Å². The lowest BCUT2D eigenvalue weighted by atomic mass is 9.59. The van der Waals surface area contributed by atoms with Crippen molar-refractivity contribution >= 4 is 11.4 Å². The average molecular weight is 627 g/mol. The highest BCUT2D eigenvalue weighted by atomic mass is 19.4. The van der Waals surface area contributed by atoms with E-state index in [2.05, 4.69) is 73.9 Å². The molecule has 0 aromatic heterocycles. The van der Waals surface area contributed by atoms with Gasteiger partial charge >= 0.3 is 6.18 Å². The van der Waals surface area contributed by atoms with Gasteiger partial charge in [-0.1, -0.05) is 77.0 Å². The van der Waals surface area contributed by atoms with Crippen LogP contribution < -0.4 is 0 Å². The zero-order valence-corrected chi connectivity index (χ0v) is 26.9. The van der Waals surface area contributed by atoms with E-state index in [1.54, 1.807) is 11.1 Å². The summed E-state index contributed by atoms with van der Waals surface area (Å²) in [6.07, 6.45) is 16.4. The molecule has 4 unspecified atom stereocenters. The summed E-state index contributed by atoms with van der Waals surface area (Å²) in [4.78, 5) is 4.58. The summed E-state index contributed by atoms with van der Waals surface area (Å²) in [5.41, 5.74) is 4.98. The van der Waals surface area contributed by atoms with E-state index in [4.69, 9.17) is 0 Å². The van der Waals surface area contributed by atoms with Crippen molar-refractivity contribution in [1.82, 2.24) is 14.8 Å². The van der Waals surface area contributed by atoms with Gasteiger partial charge in [-0.2, -0.15) is 18.3 Å². The quantitative estimate of drug-likeness (QED) is 0.241. The first-order valence-electron chi connectivity index (χ1n) is 16.8. The topological polar surface area (TPSA) is 22.1 Å². The third-order valence-corrected chi connectivity index (χ3v) is 12.6. The smallest absolute Gasteiger partial charge is 0.336 e.